The van der Waals surface area contributed by atoms with Crippen molar-refractivity contribution >= 4 is 22.9 Å². The normalized spacial score (nSPS) is 18.9. The molecule has 198 valence electrons. The van der Waals surface area contributed by atoms with Gasteiger partial charge in [-0.3, -0.25) is 23.3 Å². The molecule has 1 saturated heterocycles. The fraction of sp³-hybridized carbons (Fsp3) is 0.407. The molecule has 2 aromatic heterocycles. The summed E-state index contributed by atoms with van der Waals surface area (Å²) >= 11 is 0. The van der Waals surface area contributed by atoms with E-state index in [9.17, 15) is 14.4 Å². The molecule has 0 amide bonds. The SMILES string of the molecule is CC#CCn1c(N2CCC[C@H](N)C2)nc2c1c(=O)n(CC(=O)C1=COC(Cc3ccccc3)O1)c(=O)n2C. The molecule has 0 bridgehead atoms. The fourth-order valence-electron chi connectivity index (χ4n) is 4.82. The van der Waals surface area contributed by atoms with Crippen LogP contribution in [-0.4, -0.2) is 49.9 Å². The molecule has 0 spiro atoms. The number of Topliss-reactive ketones (excluding diaryl/α,β-unsaturated/α-hetero) is 1. The Morgan fingerprint density at radius 3 is 2.74 bits per heavy atom. The van der Waals surface area contributed by atoms with Crippen LogP contribution in [-0.2, 0) is 40.8 Å². The summed E-state index contributed by atoms with van der Waals surface area (Å²) in [4.78, 5) is 46.6. The van der Waals surface area contributed by atoms with Crippen molar-refractivity contribution in [3.63, 3.8) is 0 Å². The van der Waals surface area contributed by atoms with Crippen molar-refractivity contribution in [2.75, 3.05) is 18.0 Å². The Bertz CT molecular complexity index is 1570. The molecule has 4 heterocycles. The smallest absolute Gasteiger partial charge is 0.332 e. The Kier molecular flexibility index (Phi) is 7.07. The largest absolute Gasteiger partial charge is 0.458 e. The van der Waals surface area contributed by atoms with Gasteiger partial charge in [-0.05, 0) is 25.3 Å². The lowest BCUT2D eigenvalue weighted by molar-refractivity contribution is -0.122. The van der Waals surface area contributed by atoms with E-state index in [0.717, 1.165) is 29.5 Å². The van der Waals surface area contributed by atoms with E-state index in [1.165, 1.54) is 17.9 Å². The zero-order chi connectivity index (χ0) is 26.8. The van der Waals surface area contributed by atoms with E-state index in [-0.39, 0.29) is 29.5 Å². The number of hydrogen-bond donors (Lipinski definition) is 1. The molecule has 0 radical (unpaired) electrons. The number of hydrogen-bond acceptors (Lipinski definition) is 8. The molecule has 3 aromatic rings. The first-order valence-electron chi connectivity index (χ1n) is 12.6. The third-order valence-electron chi connectivity index (χ3n) is 6.77. The first-order chi connectivity index (χ1) is 18.4. The number of imidazole rings is 1. The highest BCUT2D eigenvalue weighted by atomic mass is 16.7. The van der Waals surface area contributed by atoms with Crippen molar-refractivity contribution in [1.29, 1.82) is 0 Å². The second kappa shape index (κ2) is 10.6. The summed E-state index contributed by atoms with van der Waals surface area (Å²) in [7, 11) is 1.53. The molecule has 11 heteroatoms. The van der Waals surface area contributed by atoms with Crippen molar-refractivity contribution in [3.8, 4) is 11.8 Å². The van der Waals surface area contributed by atoms with Gasteiger partial charge in [-0.15, -0.1) is 5.92 Å². The summed E-state index contributed by atoms with van der Waals surface area (Å²) in [6.45, 7) is 2.73. The zero-order valence-corrected chi connectivity index (χ0v) is 21.4. The lowest BCUT2D eigenvalue weighted by Gasteiger charge is -2.31. The maximum Gasteiger partial charge on any atom is 0.332 e. The van der Waals surface area contributed by atoms with Gasteiger partial charge in [0.1, 0.15) is 6.26 Å². The number of nitrogens with zero attached hydrogens (tertiary/aromatic N) is 5. The molecule has 1 fully saturated rings. The number of benzene rings is 1. The minimum absolute atomic E-state index is 0.0139. The minimum atomic E-state index is -0.661. The van der Waals surface area contributed by atoms with Crippen LogP contribution in [0.5, 0.6) is 0 Å². The number of ketones is 1. The minimum Gasteiger partial charge on any atom is -0.458 e. The number of ether oxygens (including phenoxy) is 2. The van der Waals surface area contributed by atoms with Crippen LogP contribution in [0.25, 0.3) is 11.2 Å². The number of fused-ring (bicyclic) bond motifs is 1. The highest BCUT2D eigenvalue weighted by molar-refractivity contribution is 5.93. The topological polar surface area (TPSA) is 127 Å². The number of piperidine rings is 1. The molecule has 2 atom stereocenters. The molecule has 2 N–H and O–H groups in total. The first-order valence-corrected chi connectivity index (χ1v) is 12.6. The van der Waals surface area contributed by atoms with E-state index in [2.05, 4.69) is 16.8 Å². The Labute approximate surface area is 219 Å². The number of anilines is 1. The third kappa shape index (κ3) is 4.82. The third-order valence-corrected chi connectivity index (χ3v) is 6.77. The monoisotopic (exact) mass is 518 g/mol. The molecule has 2 aliphatic heterocycles. The number of carbonyl (C=O) groups is 1. The highest BCUT2D eigenvalue weighted by Crippen LogP contribution is 2.23. The summed E-state index contributed by atoms with van der Waals surface area (Å²) in [5, 5.41) is 0. The van der Waals surface area contributed by atoms with Crippen molar-refractivity contribution in [1.82, 2.24) is 18.7 Å². The van der Waals surface area contributed by atoms with Gasteiger partial charge in [0.15, 0.2) is 11.2 Å². The molecule has 5 rings (SSSR count). The van der Waals surface area contributed by atoms with E-state index in [0.29, 0.717) is 18.9 Å². The van der Waals surface area contributed by atoms with Crippen molar-refractivity contribution in [2.45, 2.75) is 51.6 Å². The van der Waals surface area contributed by atoms with Crippen LogP contribution >= 0.6 is 0 Å². The summed E-state index contributed by atoms with van der Waals surface area (Å²) < 4.78 is 15.1. The first kappa shape index (κ1) is 25.4. The van der Waals surface area contributed by atoms with Gasteiger partial charge in [0.2, 0.25) is 23.8 Å². The van der Waals surface area contributed by atoms with Gasteiger partial charge < -0.3 is 20.1 Å². The van der Waals surface area contributed by atoms with Crippen LogP contribution in [0, 0.1) is 11.8 Å². The second-order valence-electron chi connectivity index (χ2n) is 9.46. The van der Waals surface area contributed by atoms with Crippen molar-refractivity contribution in [3.05, 3.63) is 68.8 Å². The Hall–Kier alpha value is -4.30. The summed E-state index contributed by atoms with van der Waals surface area (Å²) in [6.07, 6.45) is 2.83. The van der Waals surface area contributed by atoms with Crippen LogP contribution in [0.3, 0.4) is 0 Å². The number of rotatable bonds is 7. The Morgan fingerprint density at radius 2 is 2.00 bits per heavy atom. The number of allylic oxidation sites excluding steroid dienone is 1. The zero-order valence-electron chi connectivity index (χ0n) is 21.4. The summed E-state index contributed by atoms with van der Waals surface area (Å²) in [6, 6.07) is 9.58. The summed E-state index contributed by atoms with van der Waals surface area (Å²) in [5.41, 5.74) is 6.35. The molecule has 11 nitrogen and oxygen atoms in total. The van der Waals surface area contributed by atoms with E-state index < -0.39 is 29.9 Å². The Morgan fingerprint density at radius 1 is 1.21 bits per heavy atom. The average Bonchev–Trinajstić information content (AvgIpc) is 3.54. The van der Waals surface area contributed by atoms with E-state index in [1.54, 1.807) is 11.5 Å². The number of aryl methyl sites for hydroxylation is 1. The van der Waals surface area contributed by atoms with Gasteiger partial charge in [-0.2, -0.15) is 4.98 Å². The highest BCUT2D eigenvalue weighted by Gasteiger charge is 2.29. The molecule has 1 unspecified atom stereocenters. The number of nitrogens with two attached hydrogens (primary N) is 1. The molecule has 0 aliphatic carbocycles. The maximum atomic E-state index is 13.7. The van der Waals surface area contributed by atoms with Gasteiger partial charge in [-0.1, -0.05) is 36.3 Å². The molecule has 1 aromatic carbocycles. The van der Waals surface area contributed by atoms with Crippen LogP contribution in [0.4, 0.5) is 5.95 Å². The van der Waals surface area contributed by atoms with Gasteiger partial charge >= 0.3 is 5.69 Å². The predicted molar refractivity (Wildman–Crippen MR) is 141 cm³/mol. The second-order valence-corrected chi connectivity index (χ2v) is 9.46. The van der Waals surface area contributed by atoms with E-state index in [1.807, 2.05) is 35.2 Å². The Balaban J connectivity index is 1.46. The van der Waals surface area contributed by atoms with Gasteiger partial charge in [0.25, 0.3) is 5.56 Å². The average molecular weight is 519 g/mol. The van der Waals surface area contributed by atoms with Crippen molar-refractivity contribution in [2.24, 2.45) is 12.8 Å². The quantitative estimate of drug-likeness (QED) is 0.457. The van der Waals surface area contributed by atoms with Crippen molar-refractivity contribution < 1.29 is 14.3 Å². The summed E-state index contributed by atoms with van der Waals surface area (Å²) in [5.74, 6) is 5.80. The molecule has 0 saturated carbocycles. The molecular formula is C27H30N6O5. The predicted octanol–water partition coefficient (Wildman–Crippen LogP) is 0.874. The molecular weight excluding hydrogens is 488 g/mol. The lowest BCUT2D eigenvalue weighted by Crippen LogP contribution is -2.44. The number of carbonyl (C=O) groups excluding carboxylic acids is 1. The molecule has 2 aliphatic rings. The van der Waals surface area contributed by atoms with E-state index in [4.69, 9.17) is 15.2 Å². The van der Waals surface area contributed by atoms with Crippen LogP contribution in [0.1, 0.15) is 25.3 Å². The van der Waals surface area contributed by atoms with Crippen LogP contribution < -0.4 is 21.9 Å². The van der Waals surface area contributed by atoms with Gasteiger partial charge in [0, 0.05) is 32.6 Å². The van der Waals surface area contributed by atoms with Gasteiger partial charge in [-0.25, -0.2) is 4.79 Å². The fourth-order valence-corrected chi connectivity index (χ4v) is 4.82. The van der Waals surface area contributed by atoms with Gasteiger partial charge in [0.05, 0.1) is 13.1 Å². The van der Waals surface area contributed by atoms with E-state index >= 15 is 0 Å². The standard InChI is InChI=1S/C27H30N6O5/c1-3-4-13-32-23-24(29-26(32)31-12-8-11-19(28)15-31)30(2)27(36)33(25(23)35)16-20(34)21-17-37-22(38-21)14-18-9-6-5-7-10-18/h5-7,9-10,17,19,22H,8,11-16,28H2,1-2H3/t19-,22?/m0/s1. The number of aromatic nitrogens is 4. The maximum absolute atomic E-state index is 13.7. The van der Waals surface area contributed by atoms with Crippen LogP contribution in [0.15, 0.2) is 51.9 Å². The molecule has 38 heavy (non-hydrogen) atoms. The van der Waals surface area contributed by atoms with Crippen LogP contribution in [0.2, 0.25) is 0 Å². The lowest BCUT2D eigenvalue weighted by atomic mass is 10.1.